The van der Waals surface area contributed by atoms with Crippen LogP contribution in [0.5, 0.6) is 0 Å². The van der Waals surface area contributed by atoms with Gasteiger partial charge in [-0.05, 0) is 36.3 Å². The molecule has 0 spiro atoms. The van der Waals surface area contributed by atoms with Crippen molar-refractivity contribution in [1.82, 2.24) is 20.4 Å². The molecule has 0 aromatic heterocycles. The molecule has 0 amide bonds. The second-order valence-electron chi connectivity index (χ2n) is 7.22. The quantitative estimate of drug-likeness (QED) is 0.354. The Morgan fingerprint density at radius 3 is 2.40 bits per heavy atom. The first-order valence-electron chi connectivity index (χ1n) is 9.96. The topological polar surface area (TPSA) is 117 Å². The number of isothiocyanates is 1. The third-order valence-electron chi connectivity index (χ3n) is 4.96. The molecule has 0 radical (unpaired) electrons. The second-order valence-corrected chi connectivity index (χ2v) is 7.40. The molecule has 30 heavy (non-hydrogen) atoms. The van der Waals surface area contributed by atoms with Crippen molar-refractivity contribution in [2.75, 3.05) is 58.9 Å². The van der Waals surface area contributed by atoms with Crippen LogP contribution in [-0.4, -0.2) is 102 Å². The fourth-order valence-electron chi connectivity index (χ4n) is 3.46. The van der Waals surface area contributed by atoms with E-state index in [1.807, 2.05) is 34.1 Å². The average Bonchev–Trinajstić information content (AvgIpc) is 2.69. The first kappa shape index (κ1) is 24.1. The molecule has 1 heterocycles. The molecular formula is C20H29N5O4S. The smallest absolute Gasteiger partial charge is 0.317 e. The summed E-state index contributed by atoms with van der Waals surface area (Å²) < 4.78 is 0. The minimum atomic E-state index is -0.899. The van der Waals surface area contributed by atoms with Gasteiger partial charge in [0, 0.05) is 51.9 Å². The van der Waals surface area contributed by atoms with Gasteiger partial charge in [0.1, 0.15) is 0 Å². The van der Waals surface area contributed by atoms with Gasteiger partial charge in [-0.25, -0.2) is 0 Å². The SMILES string of the molecule is O=C(O)CN1CCNCCNCC(Cc2ccc(N=C=S)cc2)N(CC(=O)O)CC1. The van der Waals surface area contributed by atoms with E-state index in [1.54, 1.807) is 0 Å². The number of benzene rings is 1. The molecule has 0 aliphatic carbocycles. The Kier molecular flexibility index (Phi) is 10.6. The van der Waals surface area contributed by atoms with Gasteiger partial charge in [-0.1, -0.05) is 12.1 Å². The number of rotatable bonds is 7. The highest BCUT2D eigenvalue weighted by atomic mass is 32.1. The van der Waals surface area contributed by atoms with E-state index in [9.17, 15) is 19.8 Å². The lowest BCUT2D eigenvalue weighted by atomic mass is 10.0. The standard InChI is InChI=1S/C20H29N5O4S/c26-19(27)13-24-8-7-21-5-6-22-12-18(25(10-9-24)14-20(28)29)11-16-1-3-17(4-2-16)23-15-30/h1-4,18,21-22H,5-14H2,(H,26,27)(H,28,29). The molecule has 0 bridgehead atoms. The molecule has 1 saturated heterocycles. The third-order valence-corrected chi connectivity index (χ3v) is 5.05. The summed E-state index contributed by atoms with van der Waals surface area (Å²) in [5.41, 5.74) is 1.79. The summed E-state index contributed by atoms with van der Waals surface area (Å²) in [6.07, 6.45) is 0.661. The first-order chi connectivity index (χ1) is 14.5. The lowest BCUT2D eigenvalue weighted by Crippen LogP contribution is -2.51. The lowest BCUT2D eigenvalue weighted by Gasteiger charge is -2.33. The molecule has 1 aliphatic heterocycles. The van der Waals surface area contributed by atoms with E-state index < -0.39 is 11.9 Å². The number of nitrogens with zero attached hydrogens (tertiary/aromatic N) is 3. The number of carboxylic acids is 2. The zero-order chi connectivity index (χ0) is 21.8. The summed E-state index contributed by atoms with van der Waals surface area (Å²) in [5, 5.41) is 27.7. The zero-order valence-corrected chi connectivity index (χ0v) is 17.7. The third kappa shape index (κ3) is 9.08. The molecule has 1 unspecified atom stereocenters. The summed E-state index contributed by atoms with van der Waals surface area (Å²) in [5.74, 6) is -1.78. The number of nitrogens with one attached hydrogen (secondary N) is 2. The molecule has 0 saturated carbocycles. The zero-order valence-electron chi connectivity index (χ0n) is 16.9. The highest BCUT2D eigenvalue weighted by Gasteiger charge is 2.23. The number of carbonyl (C=O) groups is 2. The Balaban J connectivity index is 2.16. The number of aliphatic imine (C=N–C) groups is 1. The summed E-state index contributed by atoms with van der Waals surface area (Å²) in [4.78, 5) is 30.4. The summed E-state index contributed by atoms with van der Waals surface area (Å²) in [6, 6.07) is 7.58. The molecular weight excluding hydrogens is 406 g/mol. The van der Waals surface area contributed by atoms with Gasteiger partial charge in [0.15, 0.2) is 0 Å². The van der Waals surface area contributed by atoms with Gasteiger partial charge in [-0.2, -0.15) is 4.99 Å². The Bertz CT molecular complexity index is 739. The lowest BCUT2D eigenvalue weighted by molar-refractivity contribution is -0.140. The number of hydrogen-bond acceptors (Lipinski definition) is 8. The van der Waals surface area contributed by atoms with Crippen molar-refractivity contribution in [2.45, 2.75) is 12.5 Å². The first-order valence-corrected chi connectivity index (χ1v) is 10.4. The van der Waals surface area contributed by atoms with Crippen molar-refractivity contribution in [3.05, 3.63) is 29.8 Å². The number of thiocarbonyl (C=S) groups is 1. The summed E-state index contributed by atoms with van der Waals surface area (Å²) >= 11 is 4.63. The van der Waals surface area contributed by atoms with Crippen molar-refractivity contribution in [1.29, 1.82) is 0 Å². The predicted molar refractivity (Wildman–Crippen MR) is 118 cm³/mol. The maximum Gasteiger partial charge on any atom is 0.317 e. The maximum absolute atomic E-state index is 11.5. The van der Waals surface area contributed by atoms with Crippen LogP contribution >= 0.6 is 12.2 Å². The van der Waals surface area contributed by atoms with E-state index in [0.29, 0.717) is 39.1 Å². The van der Waals surface area contributed by atoms with E-state index >= 15 is 0 Å². The fraction of sp³-hybridized carbons (Fsp3) is 0.550. The van der Waals surface area contributed by atoms with Gasteiger partial charge in [-0.3, -0.25) is 19.4 Å². The minimum absolute atomic E-state index is 0.0490. The van der Waals surface area contributed by atoms with Gasteiger partial charge < -0.3 is 20.8 Å². The highest BCUT2D eigenvalue weighted by Crippen LogP contribution is 2.15. The molecule has 1 aromatic rings. The molecule has 2 rings (SSSR count). The van der Waals surface area contributed by atoms with Gasteiger partial charge in [0.2, 0.25) is 0 Å². The van der Waals surface area contributed by atoms with Crippen LogP contribution in [0.15, 0.2) is 29.3 Å². The Morgan fingerprint density at radius 1 is 1.03 bits per heavy atom. The van der Waals surface area contributed by atoms with E-state index in [4.69, 9.17) is 0 Å². The predicted octanol–water partition coefficient (Wildman–Crippen LogP) is 0.298. The molecule has 1 aliphatic rings. The van der Waals surface area contributed by atoms with Crippen molar-refractivity contribution < 1.29 is 19.8 Å². The molecule has 4 N–H and O–H groups in total. The van der Waals surface area contributed by atoms with Crippen LogP contribution in [-0.2, 0) is 16.0 Å². The van der Waals surface area contributed by atoms with E-state index in [1.165, 1.54) is 0 Å². The van der Waals surface area contributed by atoms with Gasteiger partial charge in [0.25, 0.3) is 0 Å². The van der Waals surface area contributed by atoms with Crippen LogP contribution in [0.25, 0.3) is 0 Å². The van der Waals surface area contributed by atoms with Crippen molar-refractivity contribution in [3.63, 3.8) is 0 Å². The second kappa shape index (κ2) is 13.2. The summed E-state index contributed by atoms with van der Waals surface area (Å²) in [6.45, 7) is 4.22. The molecule has 1 aromatic carbocycles. The molecule has 1 atom stereocenters. The molecule has 1 fully saturated rings. The fourth-order valence-corrected chi connectivity index (χ4v) is 3.57. The number of hydrogen-bond donors (Lipinski definition) is 4. The monoisotopic (exact) mass is 435 g/mol. The molecule has 9 nitrogen and oxygen atoms in total. The van der Waals surface area contributed by atoms with E-state index in [-0.39, 0.29) is 19.1 Å². The van der Waals surface area contributed by atoms with Crippen LogP contribution < -0.4 is 10.6 Å². The number of aliphatic carboxylic acids is 2. The Labute approximate surface area is 181 Å². The summed E-state index contributed by atoms with van der Waals surface area (Å²) in [7, 11) is 0. The van der Waals surface area contributed by atoms with Crippen LogP contribution in [0, 0.1) is 0 Å². The van der Waals surface area contributed by atoms with Gasteiger partial charge >= 0.3 is 11.9 Å². The van der Waals surface area contributed by atoms with Crippen LogP contribution in [0.2, 0.25) is 0 Å². The van der Waals surface area contributed by atoms with Crippen molar-refractivity contribution in [2.24, 2.45) is 4.99 Å². The normalized spacial score (nSPS) is 19.8. The maximum atomic E-state index is 11.5. The average molecular weight is 436 g/mol. The van der Waals surface area contributed by atoms with Crippen molar-refractivity contribution in [3.8, 4) is 0 Å². The minimum Gasteiger partial charge on any atom is -0.480 e. The van der Waals surface area contributed by atoms with Gasteiger partial charge in [0.05, 0.1) is 23.9 Å². The number of carboxylic acid groups (broad SMARTS) is 2. The highest BCUT2D eigenvalue weighted by molar-refractivity contribution is 7.78. The van der Waals surface area contributed by atoms with E-state index in [2.05, 4.69) is 33.0 Å². The molecule has 164 valence electrons. The van der Waals surface area contributed by atoms with Crippen molar-refractivity contribution >= 4 is 35.0 Å². The molecule has 10 heteroatoms. The van der Waals surface area contributed by atoms with Crippen LogP contribution in [0.3, 0.4) is 0 Å². The van der Waals surface area contributed by atoms with Gasteiger partial charge in [-0.15, -0.1) is 0 Å². The van der Waals surface area contributed by atoms with Crippen LogP contribution in [0.1, 0.15) is 5.56 Å². The Hall–Kier alpha value is -2.20. The van der Waals surface area contributed by atoms with E-state index in [0.717, 1.165) is 24.3 Å². The largest absolute Gasteiger partial charge is 0.480 e. The van der Waals surface area contributed by atoms with Crippen LogP contribution in [0.4, 0.5) is 5.69 Å². The Morgan fingerprint density at radius 2 is 1.73 bits per heavy atom.